The Bertz CT molecular complexity index is 157. The topological polar surface area (TPSA) is 21.3 Å². The van der Waals surface area contributed by atoms with E-state index in [-0.39, 0.29) is 12.5 Å². The Balaban J connectivity index is 1.94. The standard InChI is InChI=1S/C7H11F2NO/c8-7(9)4-11-6(7)5-1-2-10-3-5/h5-6,10H,1-4H2. The highest BCUT2D eigenvalue weighted by molar-refractivity contribution is 4.94. The van der Waals surface area contributed by atoms with Gasteiger partial charge in [-0.15, -0.1) is 0 Å². The molecule has 2 aliphatic heterocycles. The van der Waals surface area contributed by atoms with Gasteiger partial charge < -0.3 is 10.1 Å². The van der Waals surface area contributed by atoms with Crippen LogP contribution < -0.4 is 5.32 Å². The van der Waals surface area contributed by atoms with E-state index in [9.17, 15) is 8.78 Å². The monoisotopic (exact) mass is 163 g/mol. The van der Waals surface area contributed by atoms with Crippen LogP contribution in [0.5, 0.6) is 0 Å². The van der Waals surface area contributed by atoms with Gasteiger partial charge in [-0.05, 0) is 13.0 Å². The molecule has 2 heterocycles. The summed E-state index contributed by atoms with van der Waals surface area (Å²) in [7, 11) is 0. The molecule has 11 heavy (non-hydrogen) atoms. The predicted octanol–water partition coefficient (Wildman–Crippen LogP) is 0.630. The van der Waals surface area contributed by atoms with E-state index in [0.717, 1.165) is 13.0 Å². The zero-order valence-corrected chi connectivity index (χ0v) is 6.15. The third-order valence-corrected chi connectivity index (χ3v) is 2.40. The first-order chi connectivity index (χ1) is 5.20. The highest BCUT2D eigenvalue weighted by atomic mass is 19.3. The largest absolute Gasteiger partial charge is 0.365 e. The summed E-state index contributed by atoms with van der Waals surface area (Å²) in [5, 5.41) is 3.05. The molecule has 0 radical (unpaired) electrons. The maximum Gasteiger partial charge on any atom is 0.296 e. The van der Waals surface area contributed by atoms with Crippen LogP contribution in [-0.2, 0) is 4.74 Å². The van der Waals surface area contributed by atoms with Gasteiger partial charge in [0.15, 0.2) is 0 Å². The van der Waals surface area contributed by atoms with Gasteiger partial charge in [-0.1, -0.05) is 0 Å². The second-order valence-corrected chi connectivity index (χ2v) is 3.25. The van der Waals surface area contributed by atoms with Gasteiger partial charge in [0.05, 0.1) is 0 Å². The number of alkyl halides is 2. The molecule has 2 nitrogen and oxygen atoms in total. The maximum absolute atomic E-state index is 12.7. The third-order valence-electron chi connectivity index (χ3n) is 2.40. The van der Waals surface area contributed by atoms with Crippen molar-refractivity contribution in [3.05, 3.63) is 0 Å². The molecule has 2 atom stereocenters. The first-order valence-corrected chi connectivity index (χ1v) is 3.90. The van der Waals surface area contributed by atoms with Gasteiger partial charge in [0.1, 0.15) is 12.7 Å². The minimum absolute atomic E-state index is 0.0266. The van der Waals surface area contributed by atoms with Crippen LogP contribution in [-0.4, -0.2) is 31.7 Å². The second-order valence-electron chi connectivity index (χ2n) is 3.25. The van der Waals surface area contributed by atoms with Crippen molar-refractivity contribution >= 4 is 0 Å². The van der Waals surface area contributed by atoms with E-state index in [4.69, 9.17) is 4.74 Å². The van der Waals surface area contributed by atoms with Crippen molar-refractivity contribution in [2.45, 2.75) is 18.4 Å². The lowest BCUT2D eigenvalue weighted by atomic mass is 9.93. The Kier molecular flexibility index (Phi) is 1.61. The fourth-order valence-electron chi connectivity index (χ4n) is 1.72. The summed E-state index contributed by atoms with van der Waals surface area (Å²) >= 11 is 0. The molecule has 0 bridgehead atoms. The number of nitrogens with one attached hydrogen (secondary N) is 1. The van der Waals surface area contributed by atoms with Crippen LogP contribution >= 0.6 is 0 Å². The van der Waals surface area contributed by atoms with Crippen LogP contribution in [0.3, 0.4) is 0 Å². The molecule has 4 heteroatoms. The van der Waals surface area contributed by atoms with E-state index in [1.807, 2.05) is 0 Å². The van der Waals surface area contributed by atoms with Crippen LogP contribution in [0.1, 0.15) is 6.42 Å². The Labute approximate surface area is 63.9 Å². The Morgan fingerprint density at radius 3 is 2.64 bits per heavy atom. The summed E-state index contributed by atoms with van der Waals surface area (Å²) in [6, 6.07) is 0. The molecule has 0 amide bonds. The first kappa shape index (κ1) is 7.43. The minimum atomic E-state index is -2.56. The molecule has 2 rings (SSSR count). The van der Waals surface area contributed by atoms with Crippen molar-refractivity contribution in [2.24, 2.45) is 5.92 Å². The molecular weight excluding hydrogens is 152 g/mol. The van der Waals surface area contributed by atoms with Gasteiger partial charge >= 0.3 is 0 Å². The van der Waals surface area contributed by atoms with Gasteiger partial charge in [0.25, 0.3) is 5.92 Å². The Hall–Kier alpha value is -0.220. The molecule has 2 unspecified atom stereocenters. The fourth-order valence-corrected chi connectivity index (χ4v) is 1.72. The summed E-state index contributed by atoms with van der Waals surface area (Å²) in [5.74, 6) is -2.53. The number of rotatable bonds is 1. The minimum Gasteiger partial charge on any atom is -0.365 e. The first-order valence-electron chi connectivity index (χ1n) is 3.90. The molecule has 64 valence electrons. The van der Waals surface area contributed by atoms with Gasteiger partial charge in [-0.2, -0.15) is 0 Å². The average molecular weight is 163 g/mol. The van der Waals surface area contributed by atoms with Crippen LogP contribution in [0, 0.1) is 5.92 Å². The highest BCUT2D eigenvalue weighted by Gasteiger charge is 2.54. The molecule has 0 aromatic carbocycles. The number of ether oxygens (including phenoxy) is 1. The van der Waals surface area contributed by atoms with Crippen molar-refractivity contribution < 1.29 is 13.5 Å². The van der Waals surface area contributed by atoms with E-state index in [1.165, 1.54) is 0 Å². The molecule has 2 fully saturated rings. The Morgan fingerprint density at radius 1 is 1.45 bits per heavy atom. The van der Waals surface area contributed by atoms with E-state index in [1.54, 1.807) is 0 Å². The van der Waals surface area contributed by atoms with E-state index < -0.39 is 12.0 Å². The molecule has 1 N–H and O–H groups in total. The van der Waals surface area contributed by atoms with Gasteiger partial charge in [0, 0.05) is 12.5 Å². The quantitative estimate of drug-likeness (QED) is 0.612. The van der Waals surface area contributed by atoms with Crippen molar-refractivity contribution in [1.82, 2.24) is 5.32 Å². The maximum atomic E-state index is 12.7. The molecule has 0 aromatic rings. The van der Waals surface area contributed by atoms with Crippen molar-refractivity contribution in [3.63, 3.8) is 0 Å². The molecule has 2 saturated heterocycles. The molecular formula is C7H11F2NO. The summed E-state index contributed by atoms with van der Waals surface area (Å²) in [4.78, 5) is 0. The normalized spacial score (nSPS) is 42.0. The molecule has 2 aliphatic rings. The zero-order valence-electron chi connectivity index (χ0n) is 6.15. The fraction of sp³-hybridized carbons (Fsp3) is 1.00. The zero-order chi connectivity index (χ0) is 7.90. The van der Waals surface area contributed by atoms with Gasteiger partial charge in [0.2, 0.25) is 0 Å². The lowest BCUT2D eigenvalue weighted by Gasteiger charge is -2.39. The molecule has 0 saturated carbocycles. The van der Waals surface area contributed by atoms with E-state index in [0.29, 0.717) is 6.54 Å². The lowest BCUT2D eigenvalue weighted by Crippen LogP contribution is -2.55. The summed E-state index contributed by atoms with van der Waals surface area (Å²) in [6.45, 7) is 1.15. The van der Waals surface area contributed by atoms with Crippen molar-refractivity contribution in [2.75, 3.05) is 19.7 Å². The van der Waals surface area contributed by atoms with E-state index in [2.05, 4.69) is 5.32 Å². The number of hydrogen-bond donors (Lipinski definition) is 1. The molecule has 0 aliphatic carbocycles. The van der Waals surface area contributed by atoms with Crippen LogP contribution in [0.25, 0.3) is 0 Å². The summed E-state index contributed by atoms with van der Waals surface area (Å²) in [6.07, 6.45) is 0.0118. The van der Waals surface area contributed by atoms with Gasteiger partial charge in [-0.25, -0.2) is 8.78 Å². The van der Waals surface area contributed by atoms with E-state index >= 15 is 0 Å². The smallest absolute Gasteiger partial charge is 0.296 e. The van der Waals surface area contributed by atoms with Gasteiger partial charge in [-0.3, -0.25) is 0 Å². The highest BCUT2D eigenvalue weighted by Crippen LogP contribution is 2.38. The number of halogens is 2. The summed E-state index contributed by atoms with van der Waals surface area (Å²) in [5.41, 5.74) is 0. The molecule has 0 aromatic heterocycles. The second kappa shape index (κ2) is 2.38. The summed E-state index contributed by atoms with van der Waals surface area (Å²) < 4.78 is 30.2. The molecule has 0 spiro atoms. The van der Waals surface area contributed by atoms with Crippen LogP contribution in [0.15, 0.2) is 0 Å². The SMILES string of the molecule is FC1(F)COC1C1CCNC1. The van der Waals surface area contributed by atoms with Crippen molar-refractivity contribution in [3.8, 4) is 0 Å². The lowest BCUT2D eigenvalue weighted by molar-refractivity contribution is -0.278. The Morgan fingerprint density at radius 2 is 2.27 bits per heavy atom. The number of hydrogen-bond acceptors (Lipinski definition) is 2. The van der Waals surface area contributed by atoms with Crippen LogP contribution in [0.4, 0.5) is 8.78 Å². The third kappa shape index (κ3) is 1.14. The predicted molar refractivity (Wildman–Crippen MR) is 35.7 cm³/mol. The average Bonchev–Trinajstić information content (AvgIpc) is 2.38. The van der Waals surface area contributed by atoms with Crippen molar-refractivity contribution in [1.29, 1.82) is 0 Å². The van der Waals surface area contributed by atoms with Crippen LogP contribution in [0.2, 0.25) is 0 Å².